The van der Waals surface area contributed by atoms with Crippen LogP contribution in [-0.2, 0) is 4.79 Å². The minimum Gasteiger partial charge on any atom is -0.480 e. The molecular formula is C13H17N5O3. The number of nitrogens with one attached hydrogen (secondary N) is 1. The number of carboxylic acid groups (broad SMARTS) is 1. The molecular weight excluding hydrogens is 274 g/mol. The molecule has 0 aromatic carbocycles. The lowest BCUT2D eigenvalue weighted by atomic mass is 9.85. The van der Waals surface area contributed by atoms with Crippen LogP contribution >= 0.6 is 0 Å². The van der Waals surface area contributed by atoms with Crippen molar-refractivity contribution in [1.29, 1.82) is 0 Å². The number of carboxylic acids is 1. The molecule has 2 heterocycles. The second-order valence-corrected chi connectivity index (χ2v) is 5.51. The fourth-order valence-corrected chi connectivity index (χ4v) is 3.44. The van der Waals surface area contributed by atoms with Gasteiger partial charge in [0.2, 0.25) is 0 Å². The third-order valence-corrected chi connectivity index (χ3v) is 4.31. The summed E-state index contributed by atoms with van der Waals surface area (Å²) in [6, 6.07) is -1.23. The molecule has 8 nitrogen and oxygen atoms in total. The van der Waals surface area contributed by atoms with Crippen molar-refractivity contribution in [2.45, 2.75) is 44.2 Å². The Labute approximate surface area is 121 Å². The summed E-state index contributed by atoms with van der Waals surface area (Å²) in [6.07, 6.45) is 7.33. The Bertz CT molecular complexity index is 538. The highest BCUT2D eigenvalue weighted by Crippen LogP contribution is 2.39. The van der Waals surface area contributed by atoms with Gasteiger partial charge in [-0.3, -0.25) is 5.32 Å². The van der Waals surface area contributed by atoms with Crippen LogP contribution in [0.5, 0.6) is 0 Å². The van der Waals surface area contributed by atoms with Gasteiger partial charge in [0.1, 0.15) is 6.04 Å². The Morgan fingerprint density at radius 1 is 1.29 bits per heavy atom. The molecule has 1 aromatic heterocycles. The minimum absolute atomic E-state index is 0.00322. The van der Waals surface area contributed by atoms with Crippen molar-refractivity contribution in [2.75, 3.05) is 5.32 Å². The molecule has 1 aliphatic carbocycles. The Morgan fingerprint density at radius 3 is 2.81 bits per heavy atom. The molecule has 2 fully saturated rings. The van der Waals surface area contributed by atoms with Gasteiger partial charge in [-0.15, -0.1) is 5.10 Å². The second-order valence-electron chi connectivity index (χ2n) is 5.51. The predicted octanol–water partition coefficient (Wildman–Crippen LogP) is 1.12. The summed E-state index contributed by atoms with van der Waals surface area (Å²) in [4.78, 5) is 29.2. The second kappa shape index (κ2) is 5.63. The van der Waals surface area contributed by atoms with Crippen molar-refractivity contribution in [3.8, 4) is 0 Å². The van der Waals surface area contributed by atoms with E-state index in [1.165, 1.54) is 17.3 Å². The number of likely N-dealkylation sites (tertiary alicyclic amines) is 1. The molecule has 8 heteroatoms. The Hall–Kier alpha value is -2.25. The Balaban J connectivity index is 1.79. The average molecular weight is 291 g/mol. The molecule has 0 spiro atoms. The van der Waals surface area contributed by atoms with E-state index in [0.717, 1.165) is 25.7 Å². The van der Waals surface area contributed by atoms with E-state index in [1.807, 2.05) is 0 Å². The largest absolute Gasteiger partial charge is 0.480 e. The highest BCUT2D eigenvalue weighted by molar-refractivity contribution is 5.91. The highest BCUT2D eigenvalue weighted by atomic mass is 16.4. The van der Waals surface area contributed by atoms with Crippen LogP contribution in [0.3, 0.4) is 0 Å². The zero-order valence-electron chi connectivity index (χ0n) is 11.5. The van der Waals surface area contributed by atoms with Gasteiger partial charge in [0.05, 0.1) is 12.4 Å². The average Bonchev–Trinajstić information content (AvgIpc) is 2.88. The van der Waals surface area contributed by atoms with Crippen LogP contribution < -0.4 is 5.32 Å². The number of anilines is 1. The maximum Gasteiger partial charge on any atom is 0.326 e. The predicted molar refractivity (Wildman–Crippen MR) is 72.5 cm³/mol. The van der Waals surface area contributed by atoms with E-state index in [9.17, 15) is 14.7 Å². The summed E-state index contributed by atoms with van der Waals surface area (Å²) in [7, 11) is 0. The first-order valence-corrected chi connectivity index (χ1v) is 7.12. The van der Waals surface area contributed by atoms with Crippen molar-refractivity contribution in [2.24, 2.45) is 5.92 Å². The molecule has 1 saturated heterocycles. The fourth-order valence-electron chi connectivity index (χ4n) is 3.44. The molecule has 2 N–H and O–H groups in total. The van der Waals surface area contributed by atoms with E-state index in [1.54, 1.807) is 0 Å². The van der Waals surface area contributed by atoms with Gasteiger partial charge in [-0.2, -0.15) is 5.10 Å². The molecule has 2 amide bonds. The van der Waals surface area contributed by atoms with Gasteiger partial charge >= 0.3 is 12.0 Å². The van der Waals surface area contributed by atoms with E-state index in [4.69, 9.17) is 0 Å². The van der Waals surface area contributed by atoms with Crippen molar-refractivity contribution in [1.82, 2.24) is 20.1 Å². The molecule has 1 aromatic rings. The molecule has 2 aliphatic rings. The van der Waals surface area contributed by atoms with Crippen molar-refractivity contribution < 1.29 is 14.7 Å². The van der Waals surface area contributed by atoms with E-state index in [0.29, 0.717) is 6.42 Å². The normalized spacial score (nSPS) is 28.0. The topological polar surface area (TPSA) is 108 Å². The summed E-state index contributed by atoms with van der Waals surface area (Å²) in [5.74, 6) is -0.585. The molecule has 3 atom stereocenters. The maximum absolute atomic E-state index is 12.4. The number of rotatable bonds is 2. The fraction of sp³-hybridized carbons (Fsp3) is 0.615. The lowest BCUT2D eigenvalue weighted by Crippen LogP contribution is -2.48. The van der Waals surface area contributed by atoms with E-state index < -0.39 is 18.0 Å². The van der Waals surface area contributed by atoms with Gasteiger partial charge in [0.15, 0.2) is 0 Å². The number of carbonyl (C=O) groups excluding carboxylic acids is 1. The van der Waals surface area contributed by atoms with E-state index in [-0.39, 0.29) is 17.9 Å². The number of hydrogen-bond acceptors (Lipinski definition) is 5. The minimum atomic E-state index is -0.952. The monoisotopic (exact) mass is 291 g/mol. The smallest absolute Gasteiger partial charge is 0.326 e. The van der Waals surface area contributed by atoms with E-state index in [2.05, 4.69) is 20.5 Å². The number of amides is 2. The zero-order valence-corrected chi connectivity index (χ0v) is 11.5. The number of hydrogen-bond donors (Lipinski definition) is 2. The highest BCUT2D eigenvalue weighted by Gasteiger charge is 2.47. The number of urea groups is 1. The summed E-state index contributed by atoms with van der Waals surface area (Å²) < 4.78 is 0. The zero-order chi connectivity index (χ0) is 14.8. The summed E-state index contributed by atoms with van der Waals surface area (Å²) >= 11 is 0. The number of nitrogens with zero attached hydrogens (tertiary/aromatic N) is 4. The molecule has 3 rings (SSSR count). The number of fused-ring (bicyclic) bond motifs is 1. The summed E-state index contributed by atoms with van der Waals surface area (Å²) in [5, 5.41) is 19.3. The van der Waals surface area contributed by atoms with Crippen LogP contribution in [0.1, 0.15) is 32.1 Å². The molecule has 0 bridgehead atoms. The summed E-state index contributed by atoms with van der Waals surface area (Å²) in [5.41, 5.74) is 0. The molecule has 112 valence electrons. The maximum atomic E-state index is 12.4. The van der Waals surface area contributed by atoms with Crippen LogP contribution in [0.2, 0.25) is 0 Å². The first kappa shape index (κ1) is 13.7. The Morgan fingerprint density at radius 2 is 2.10 bits per heavy atom. The lowest BCUT2D eigenvalue weighted by Gasteiger charge is -2.32. The van der Waals surface area contributed by atoms with Crippen molar-refractivity contribution >= 4 is 17.9 Å². The number of carbonyl (C=O) groups is 2. The van der Waals surface area contributed by atoms with Gasteiger partial charge in [0, 0.05) is 6.04 Å². The van der Waals surface area contributed by atoms with Gasteiger partial charge < -0.3 is 10.0 Å². The molecule has 21 heavy (non-hydrogen) atoms. The van der Waals surface area contributed by atoms with Crippen molar-refractivity contribution in [3.63, 3.8) is 0 Å². The molecule has 0 radical (unpaired) electrons. The standard InChI is InChI=1S/C13H17N5O3/c19-11(20)10-7-8-3-1-2-4-9(8)18(10)13(21)16-12-14-5-6-15-17-12/h5-6,8-10H,1-4,7H2,(H,19,20)(H,14,16,17,21). The first-order valence-electron chi connectivity index (χ1n) is 7.12. The van der Waals surface area contributed by atoms with Gasteiger partial charge in [0.25, 0.3) is 5.95 Å². The van der Waals surface area contributed by atoms with Crippen LogP contribution in [0.25, 0.3) is 0 Å². The van der Waals surface area contributed by atoms with Gasteiger partial charge in [-0.25, -0.2) is 14.6 Å². The molecule has 3 unspecified atom stereocenters. The van der Waals surface area contributed by atoms with Gasteiger partial charge in [-0.05, 0) is 25.2 Å². The van der Waals surface area contributed by atoms with Crippen LogP contribution in [0, 0.1) is 5.92 Å². The van der Waals surface area contributed by atoms with Crippen molar-refractivity contribution in [3.05, 3.63) is 12.4 Å². The van der Waals surface area contributed by atoms with Crippen LogP contribution in [0.4, 0.5) is 10.7 Å². The molecule has 1 saturated carbocycles. The van der Waals surface area contributed by atoms with Crippen LogP contribution in [-0.4, -0.2) is 49.3 Å². The van der Waals surface area contributed by atoms with E-state index >= 15 is 0 Å². The van der Waals surface area contributed by atoms with Gasteiger partial charge in [-0.1, -0.05) is 12.8 Å². The first-order chi connectivity index (χ1) is 10.2. The Kier molecular flexibility index (Phi) is 3.68. The molecule has 1 aliphatic heterocycles. The number of aliphatic carboxylic acids is 1. The third kappa shape index (κ3) is 2.65. The lowest BCUT2D eigenvalue weighted by molar-refractivity contribution is -0.141. The number of aromatic nitrogens is 3. The SMILES string of the molecule is O=C(O)C1CC2CCCCC2N1C(=O)Nc1nccnn1. The summed E-state index contributed by atoms with van der Waals surface area (Å²) in [6.45, 7) is 0. The quantitative estimate of drug-likeness (QED) is 0.845. The third-order valence-electron chi connectivity index (χ3n) is 4.31. The van der Waals surface area contributed by atoms with Crippen LogP contribution in [0.15, 0.2) is 12.4 Å².